The van der Waals surface area contributed by atoms with Crippen LogP contribution in [-0.2, 0) is 6.18 Å². The van der Waals surface area contributed by atoms with Crippen molar-refractivity contribution in [1.29, 1.82) is 0 Å². The third-order valence-electron chi connectivity index (χ3n) is 4.20. The molecule has 7 heteroatoms. The number of hydrogen-bond donors (Lipinski definition) is 0. The van der Waals surface area contributed by atoms with Gasteiger partial charge in [-0.3, -0.25) is 4.90 Å². The van der Waals surface area contributed by atoms with Crippen LogP contribution in [0.3, 0.4) is 0 Å². The molecule has 1 saturated carbocycles. The maximum Gasteiger partial charge on any atom is 0.427 e. The number of rotatable bonds is 2. The van der Waals surface area contributed by atoms with Gasteiger partial charge < -0.3 is 4.90 Å². The molecule has 112 valence electrons. The lowest BCUT2D eigenvalue weighted by molar-refractivity contribution is -0.134. The van der Waals surface area contributed by atoms with Crippen molar-refractivity contribution in [2.75, 3.05) is 31.1 Å². The minimum atomic E-state index is -4.28. The van der Waals surface area contributed by atoms with Crippen molar-refractivity contribution < 1.29 is 13.2 Å². The largest absolute Gasteiger partial charge is 0.427 e. The maximum absolute atomic E-state index is 12.6. The van der Waals surface area contributed by atoms with Crippen LogP contribution < -0.4 is 4.90 Å². The molecule has 2 aliphatic rings. The van der Waals surface area contributed by atoms with Gasteiger partial charge in [0.15, 0.2) is 5.13 Å². The van der Waals surface area contributed by atoms with E-state index < -0.39 is 11.1 Å². The molecule has 2 heterocycles. The Morgan fingerprint density at radius 3 is 2.30 bits per heavy atom. The summed E-state index contributed by atoms with van der Waals surface area (Å²) in [5.41, 5.74) is 0. The molecule has 0 amide bonds. The normalized spacial score (nSPS) is 22.6. The Balaban J connectivity index is 1.59. The summed E-state index contributed by atoms with van der Waals surface area (Å²) in [5.74, 6) is 0. The smallest absolute Gasteiger partial charge is 0.346 e. The Hall–Kier alpha value is -0.820. The highest BCUT2D eigenvalue weighted by Crippen LogP contribution is 2.36. The van der Waals surface area contributed by atoms with Crippen LogP contribution in [0, 0.1) is 0 Å². The standard InChI is InChI=1S/C13H18F3N3S/c14-13(15,16)11-9-17-12(20-11)19-7-5-18(6-8-19)10-3-1-2-4-10/h9-10H,1-8H2. The summed E-state index contributed by atoms with van der Waals surface area (Å²) in [5, 5.41) is 0.503. The molecule has 1 aliphatic carbocycles. The molecule has 1 aromatic rings. The Morgan fingerprint density at radius 2 is 1.75 bits per heavy atom. The number of anilines is 1. The van der Waals surface area contributed by atoms with Gasteiger partial charge in [-0.25, -0.2) is 4.98 Å². The lowest BCUT2D eigenvalue weighted by atomic mass is 10.2. The van der Waals surface area contributed by atoms with E-state index >= 15 is 0 Å². The predicted octanol–water partition coefficient (Wildman–Crippen LogP) is 3.23. The highest BCUT2D eigenvalue weighted by atomic mass is 32.1. The van der Waals surface area contributed by atoms with Crippen LogP contribution in [0.4, 0.5) is 18.3 Å². The van der Waals surface area contributed by atoms with Gasteiger partial charge in [-0.15, -0.1) is 0 Å². The number of halogens is 3. The van der Waals surface area contributed by atoms with E-state index in [-0.39, 0.29) is 0 Å². The molecule has 3 nitrogen and oxygen atoms in total. The van der Waals surface area contributed by atoms with Gasteiger partial charge in [0.25, 0.3) is 0 Å². The zero-order chi connectivity index (χ0) is 14.2. The number of alkyl halides is 3. The molecule has 0 N–H and O–H groups in total. The topological polar surface area (TPSA) is 19.4 Å². The second-order valence-corrected chi connectivity index (χ2v) is 6.48. The molecule has 1 saturated heterocycles. The fraction of sp³-hybridized carbons (Fsp3) is 0.769. The fourth-order valence-electron chi connectivity index (χ4n) is 3.09. The minimum absolute atomic E-state index is 0.503. The minimum Gasteiger partial charge on any atom is -0.346 e. The van der Waals surface area contributed by atoms with E-state index in [1.54, 1.807) is 0 Å². The quantitative estimate of drug-likeness (QED) is 0.836. The fourth-order valence-corrected chi connectivity index (χ4v) is 3.92. The van der Waals surface area contributed by atoms with E-state index in [0.717, 1.165) is 43.7 Å². The van der Waals surface area contributed by atoms with E-state index in [1.807, 2.05) is 4.90 Å². The van der Waals surface area contributed by atoms with Crippen molar-refractivity contribution in [3.63, 3.8) is 0 Å². The first-order valence-electron chi connectivity index (χ1n) is 7.06. The summed E-state index contributed by atoms with van der Waals surface area (Å²) in [6.45, 7) is 3.43. The van der Waals surface area contributed by atoms with E-state index in [0.29, 0.717) is 11.2 Å². The number of piperazine rings is 1. The molecular formula is C13H18F3N3S. The van der Waals surface area contributed by atoms with Crippen LogP contribution in [0.25, 0.3) is 0 Å². The Kier molecular flexibility index (Phi) is 3.90. The first kappa shape index (κ1) is 14.1. The second kappa shape index (κ2) is 5.52. The molecule has 0 bridgehead atoms. The van der Waals surface area contributed by atoms with Gasteiger partial charge >= 0.3 is 6.18 Å². The first-order chi connectivity index (χ1) is 9.54. The number of aromatic nitrogens is 1. The Bertz CT molecular complexity index is 446. The number of hydrogen-bond acceptors (Lipinski definition) is 4. The summed E-state index contributed by atoms with van der Waals surface area (Å²) >= 11 is 0.751. The molecule has 1 aromatic heterocycles. The summed E-state index contributed by atoms with van der Waals surface area (Å²) in [6.07, 6.45) is 1.84. The van der Waals surface area contributed by atoms with Crippen LogP contribution in [0.2, 0.25) is 0 Å². The van der Waals surface area contributed by atoms with Crippen molar-refractivity contribution in [1.82, 2.24) is 9.88 Å². The van der Waals surface area contributed by atoms with Crippen LogP contribution >= 0.6 is 11.3 Å². The van der Waals surface area contributed by atoms with Crippen LogP contribution in [-0.4, -0.2) is 42.1 Å². The Morgan fingerprint density at radius 1 is 1.10 bits per heavy atom. The molecular weight excluding hydrogens is 287 g/mol. The summed E-state index contributed by atoms with van der Waals surface area (Å²) < 4.78 is 37.7. The number of thiazole rings is 1. The highest BCUT2D eigenvalue weighted by molar-refractivity contribution is 7.15. The van der Waals surface area contributed by atoms with Crippen LogP contribution in [0.5, 0.6) is 0 Å². The zero-order valence-electron chi connectivity index (χ0n) is 11.2. The third kappa shape index (κ3) is 2.93. The maximum atomic E-state index is 12.6. The van der Waals surface area contributed by atoms with E-state index in [4.69, 9.17) is 0 Å². The lowest BCUT2D eigenvalue weighted by Crippen LogP contribution is -2.49. The summed E-state index contributed by atoms with van der Waals surface area (Å²) in [4.78, 5) is 7.79. The van der Waals surface area contributed by atoms with E-state index in [2.05, 4.69) is 9.88 Å². The van der Waals surface area contributed by atoms with Crippen molar-refractivity contribution in [2.45, 2.75) is 37.9 Å². The Labute approximate surface area is 120 Å². The SMILES string of the molecule is FC(F)(F)c1cnc(N2CCN(C3CCCC3)CC2)s1. The third-order valence-corrected chi connectivity index (χ3v) is 5.30. The highest BCUT2D eigenvalue weighted by Gasteiger charge is 2.34. The van der Waals surface area contributed by atoms with Gasteiger partial charge in [-0.05, 0) is 12.8 Å². The molecule has 0 unspecified atom stereocenters. The van der Waals surface area contributed by atoms with E-state index in [1.165, 1.54) is 25.7 Å². The van der Waals surface area contributed by atoms with Gasteiger partial charge in [0, 0.05) is 32.2 Å². The van der Waals surface area contributed by atoms with Gasteiger partial charge in [0.1, 0.15) is 4.88 Å². The van der Waals surface area contributed by atoms with Crippen molar-refractivity contribution in [2.24, 2.45) is 0 Å². The molecule has 0 atom stereocenters. The molecule has 20 heavy (non-hydrogen) atoms. The van der Waals surface area contributed by atoms with E-state index in [9.17, 15) is 13.2 Å². The van der Waals surface area contributed by atoms with Gasteiger partial charge in [0.2, 0.25) is 0 Å². The van der Waals surface area contributed by atoms with Crippen molar-refractivity contribution in [3.8, 4) is 0 Å². The van der Waals surface area contributed by atoms with Crippen LogP contribution in [0.1, 0.15) is 30.6 Å². The summed E-state index contributed by atoms with van der Waals surface area (Å²) in [6, 6.07) is 0.694. The second-order valence-electron chi connectivity index (χ2n) is 5.47. The molecule has 0 aromatic carbocycles. The van der Waals surface area contributed by atoms with Gasteiger partial charge in [0.05, 0.1) is 6.20 Å². The molecule has 0 spiro atoms. The number of nitrogens with zero attached hydrogens (tertiary/aromatic N) is 3. The average Bonchev–Trinajstić information content (AvgIpc) is 3.10. The van der Waals surface area contributed by atoms with Crippen molar-refractivity contribution >= 4 is 16.5 Å². The monoisotopic (exact) mass is 305 g/mol. The zero-order valence-corrected chi connectivity index (χ0v) is 12.0. The molecule has 3 rings (SSSR count). The summed E-state index contributed by atoms with van der Waals surface area (Å²) in [7, 11) is 0. The molecule has 0 radical (unpaired) electrons. The van der Waals surface area contributed by atoms with Crippen molar-refractivity contribution in [3.05, 3.63) is 11.1 Å². The lowest BCUT2D eigenvalue weighted by Gasteiger charge is -2.37. The molecule has 1 aliphatic heterocycles. The predicted molar refractivity (Wildman–Crippen MR) is 73.2 cm³/mol. The van der Waals surface area contributed by atoms with Gasteiger partial charge in [-0.2, -0.15) is 13.2 Å². The average molecular weight is 305 g/mol. The van der Waals surface area contributed by atoms with Gasteiger partial charge in [-0.1, -0.05) is 24.2 Å². The molecule has 2 fully saturated rings. The first-order valence-corrected chi connectivity index (χ1v) is 7.88. The van der Waals surface area contributed by atoms with Crippen LogP contribution in [0.15, 0.2) is 6.20 Å².